The number of hydrogen-bond acceptors (Lipinski definition) is 2. The third-order valence-corrected chi connectivity index (χ3v) is 1.95. The van der Waals surface area contributed by atoms with Gasteiger partial charge in [-0.15, -0.1) is 0 Å². The first-order valence-corrected chi connectivity index (χ1v) is 4.57. The Labute approximate surface area is 81.7 Å². The van der Waals surface area contributed by atoms with E-state index in [1.807, 2.05) is 13.8 Å². The van der Waals surface area contributed by atoms with Crippen molar-refractivity contribution < 1.29 is 13.5 Å². The minimum atomic E-state index is -2.58. The Morgan fingerprint density at radius 2 is 2.29 bits per heavy atom. The molecule has 0 bridgehead atoms. The Hall–Kier alpha value is -0.970. The van der Waals surface area contributed by atoms with Gasteiger partial charge in [-0.3, -0.25) is 0 Å². The first-order valence-electron chi connectivity index (χ1n) is 4.57. The fourth-order valence-electron chi connectivity index (χ4n) is 0.909. The molecule has 1 heterocycles. The first kappa shape index (κ1) is 11.1. The Bertz CT molecular complexity index is 276. The Morgan fingerprint density at radius 1 is 1.57 bits per heavy atom. The summed E-state index contributed by atoms with van der Waals surface area (Å²) in [5.74, 6) is 0. The van der Waals surface area contributed by atoms with Crippen molar-refractivity contribution in [3.8, 4) is 0 Å². The Kier molecular flexibility index (Phi) is 4.00. The van der Waals surface area contributed by atoms with Crippen LogP contribution in [0.1, 0.15) is 32.5 Å². The molecule has 0 amide bonds. The van der Waals surface area contributed by atoms with Gasteiger partial charge in [0.25, 0.3) is 0 Å². The summed E-state index contributed by atoms with van der Waals surface area (Å²) in [4.78, 5) is 0. The van der Waals surface area contributed by atoms with Crippen LogP contribution in [0.4, 0.5) is 8.78 Å². The smallest absolute Gasteiger partial charge is 0.333 e. The summed E-state index contributed by atoms with van der Waals surface area (Å²) in [5, 5.41) is 3.66. The van der Waals surface area contributed by atoms with E-state index >= 15 is 0 Å². The van der Waals surface area contributed by atoms with Crippen molar-refractivity contribution in [2.75, 3.05) is 0 Å². The van der Waals surface area contributed by atoms with E-state index in [0.29, 0.717) is 10.4 Å². The average molecular weight is 204 g/mol. The summed E-state index contributed by atoms with van der Waals surface area (Å²) in [5.41, 5.74) is 0.533. The molecule has 80 valence electrons. The van der Waals surface area contributed by atoms with Crippen LogP contribution < -0.4 is 0 Å². The van der Waals surface area contributed by atoms with Gasteiger partial charge in [0, 0.05) is 6.20 Å². The van der Waals surface area contributed by atoms with Crippen molar-refractivity contribution in [2.24, 2.45) is 0 Å². The largest absolute Gasteiger partial charge is 0.372 e. The molecule has 1 aromatic heterocycles. The van der Waals surface area contributed by atoms with Crippen molar-refractivity contribution in [2.45, 2.75) is 39.5 Å². The molecular formula is C9H14F2N2O. The van der Waals surface area contributed by atoms with Gasteiger partial charge in [0.15, 0.2) is 0 Å². The molecule has 0 unspecified atom stereocenters. The van der Waals surface area contributed by atoms with Gasteiger partial charge in [0.2, 0.25) is 0 Å². The highest BCUT2D eigenvalue weighted by Crippen LogP contribution is 2.10. The molecule has 3 nitrogen and oxygen atoms in total. The lowest BCUT2D eigenvalue weighted by atomic mass is 10.3. The second-order valence-corrected chi connectivity index (χ2v) is 3.09. The van der Waals surface area contributed by atoms with Crippen molar-refractivity contribution in [3.63, 3.8) is 0 Å². The zero-order chi connectivity index (χ0) is 10.6. The average Bonchev–Trinajstić information content (AvgIpc) is 2.62. The summed E-state index contributed by atoms with van der Waals surface area (Å²) in [6.07, 6.45) is 2.28. The van der Waals surface area contributed by atoms with Crippen molar-refractivity contribution in [1.29, 1.82) is 0 Å². The van der Waals surface area contributed by atoms with Gasteiger partial charge in [-0.05, 0) is 19.4 Å². The standard InChI is InChI=1S/C9H14F2N2O/c1-3-7(2)14-6-8-4-5-13(12-8)9(10)11/h4-5,7,9H,3,6H2,1-2H3/t7-/m0/s1. The van der Waals surface area contributed by atoms with Gasteiger partial charge in [-0.2, -0.15) is 13.9 Å². The first-order chi connectivity index (χ1) is 6.63. The second kappa shape index (κ2) is 5.05. The van der Waals surface area contributed by atoms with E-state index in [9.17, 15) is 8.78 Å². The number of rotatable bonds is 5. The van der Waals surface area contributed by atoms with Crippen LogP contribution in [0.5, 0.6) is 0 Å². The summed E-state index contributed by atoms with van der Waals surface area (Å²) in [6, 6.07) is 1.54. The van der Waals surface area contributed by atoms with E-state index < -0.39 is 6.55 Å². The number of ether oxygens (including phenoxy) is 1. The van der Waals surface area contributed by atoms with Gasteiger partial charge in [0.05, 0.1) is 18.4 Å². The van der Waals surface area contributed by atoms with Crippen LogP contribution >= 0.6 is 0 Å². The lowest BCUT2D eigenvalue weighted by Gasteiger charge is -2.08. The van der Waals surface area contributed by atoms with E-state index in [1.165, 1.54) is 12.3 Å². The molecule has 0 saturated carbocycles. The second-order valence-electron chi connectivity index (χ2n) is 3.09. The van der Waals surface area contributed by atoms with Crippen molar-refractivity contribution in [3.05, 3.63) is 18.0 Å². The van der Waals surface area contributed by atoms with Gasteiger partial charge < -0.3 is 4.74 Å². The van der Waals surface area contributed by atoms with Crippen LogP contribution in [-0.2, 0) is 11.3 Å². The molecule has 0 N–H and O–H groups in total. The molecular weight excluding hydrogens is 190 g/mol. The maximum Gasteiger partial charge on any atom is 0.333 e. The van der Waals surface area contributed by atoms with Crippen LogP contribution in [-0.4, -0.2) is 15.9 Å². The number of alkyl halides is 2. The van der Waals surface area contributed by atoms with Crippen molar-refractivity contribution in [1.82, 2.24) is 9.78 Å². The lowest BCUT2D eigenvalue weighted by molar-refractivity contribution is 0.0414. The maximum absolute atomic E-state index is 12.1. The SMILES string of the molecule is CC[C@H](C)OCc1ccn(C(F)F)n1. The third kappa shape index (κ3) is 3.06. The third-order valence-electron chi connectivity index (χ3n) is 1.95. The quantitative estimate of drug-likeness (QED) is 0.737. The molecule has 1 atom stereocenters. The monoisotopic (exact) mass is 204 g/mol. The highest BCUT2D eigenvalue weighted by Gasteiger charge is 2.08. The van der Waals surface area contributed by atoms with Crippen LogP contribution in [0.3, 0.4) is 0 Å². The van der Waals surface area contributed by atoms with Gasteiger partial charge in [-0.25, -0.2) is 4.68 Å². The molecule has 1 aromatic rings. The summed E-state index contributed by atoms with van der Waals surface area (Å²) >= 11 is 0. The van der Waals surface area contributed by atoms with Gasteiger partial charge >= 0.3 is 6.55 Å². The zero-order valence-corrected chi connectivity index (χ0v) is 8.28. The highest BCUT2D eigenvalue weighted by molar-refractivity contribution is 4.97. The van der Waals surface area contributed by atoms with Gasteiger partial charge in [-0.1, -0.05) is 6.92 Å². The molecule has 0 aliphatic carbocycles. The molecule has 5 heteroatoms. The molecule has 1 rings (SSSR count). The lowest BCUT2D eigenvalue weighted by Crippen LogP contribution is -2.07. The number of aromatic nitrogens is 2. The van der Waals surface area contributed by atoms with Crippen LogP contribution in [0.25, 0.3) is 0 Å². The van der Waals surface area contributed by atoms with Crippen LogP contribution in [0, 0.1) is 0 Å². The van der Waals surface area contributed by atoms with Crippen molar-refractivity contribution >= 4 is 0 Å². The number of halogens is 2. The molecule has 0 aliphatic heterocycles. The molecule has 0 saturated heterocycles. The minimum Gasteiger partial charge on any atom is -0.372 e. The molecule has 0 aromatic carbocycles. The number of hydrogen-bond donors (Lipinski definition) is 0. The predicted molar refractivity (Wildman–Crippen MR) is 48.0 cm³/mol. The molecule has 0 radical (unpaired) electrons. The Morgan fingerprint density at radius 3 is 2.79 bits per heavy atom. The maximum atomic E-state index is 12.1. The zero-order valence-electron chi connectivity index (χ0n) is 8.28. The topological polar surface area (TPSA) is 27.1 Å². The van der Waals surface area contributed by atoms with E-state index in [1.54, 1.807) is 0 Å². The fraction of sp³-hybridized carbons (Fsp3) is 0.667. The summed E-state index contributed by atoms with van der Waals surface area (Å²) in [6.45, 7) is 1.65. The van der Waals surface area contributed by atoms with E-state index in [4.69, 9.17) is 4.74 Å². The van der Waals surface area contributed by atoms with Crippen LogP contribution in [0.15, 0.2) is 12.3 Å². The summed E-state index contributed by atoms with van der Waals surface area (Å²) in [7, 11) is 0. The Balaban J connectivity index is 2.44. The highest BCUT2D eigenvalue weighted by atomic mass is 19.3. The molecule has 0 aliphatic rings. The minimum absolute atomic E-state index is 0.131. The van der Waals surface area contributed by atoms with E-state index in [-0.39, 0.29) is 12.7 Å². The number of nitrogens with zero attached hydrogens (tertiary/aromatic N) is 2. The van der Waals surface area contributed by atoms with E-state index in [2.05, 4.69) is 5.10 Å². The van der Waals surface area contributed by atoms with Crippen LogP contribution in [0.2, 0.25) is 0 Å². The van der Waals surface area contributed by atoms with Gasteiger partial charge in [0.1, 0.15) is 0 Å². The summed E-state index contributed by atoms with van der Waals surface area (Å²) < 4.78 is 30.2. The normalized spacial score (nSPS) is 13.5. The van der Waals surface area contributed by atoms with E-state index in [0.717, 1.165) is 6.42 Å². The predicted octanol–water partition coefficient (Wildman–Crippen LogP) is 2.59. The molecule has 0 spiro atoms. The molecule has 0 fully saturated rings. The molecule has 14 heavy (non-hydrogen) atoms. The fourth-order valence-corrected chi connectivity index (χ4v) is 0.909.